The summed E-state index contributed by atoms with van der Waals surface area (Å²) in [5, 5.41) is 29.5. The van der Waals surface area contributed by atoms with Gasteiger partial charge >= 0.3 is 0 Å². The molecule has 0 saturated carbocycles. The van der Waals surface area contributed by atoms with Gasteiger partial charge in [-0.05, 0) is 61.0 Å². The molecule has 1 aliphatic heterocycles. The van der Waals surface area contributed by atoms with Gasteiger partial charge in [-0.1, -0.05) is 29.2 Å². The van der Waals surface area contributed by atoms with E-state index in [0.717, 1.165) is 25.2 Å². The predicted octanol–water partition coefficient (Wildman–Crippen LogP) is 2.25. The molecule has 6 nitrogen and oxygen atoms in total. The van der Waals surface area contributed by atoms with Gasteiger partial charge in [-0.15, -0.1) is 0 Å². The first-order valence-electron chi connectivity index (χ1n) is 9.52. The van der Waals surface area contributed by atoms with Gasteiger partial charge in [0.2, 0.25) is 0 Å². The Morgan fingerprint density at radius 1 is 1.04 bits per heavy atom. The van der Waals surface area contributed by atoms with E-state index in [1.165, 1.54) is 11.1 Å². The lowest BCUT2D eigenvalue weighted by molar-refractivity contribution is -0.306. The number of hydrogen-bond donors (Lipinski definition) is 4. The monoisotopic (exact) mass is 395 g/mol. The van der Waals surface area contributed by atoms with Gasteiger partial charge in [-0.3, -0.25) is 5.26 Å². The van der Waals surface area contributed by atoms with Crippen molar-refractivity contribution in [3.05, 3.63) is 29.3 Å². The SMILES string of the molecule is CC(C)(C)OO.CC(C)(O)C(C)(C)O.[B]c1cc(C)cc([C@@H]2COCCN2)c1. The molecule has 7 heteroatoms. The maximum absolute atomic E-state index is 9.10. The van der Waals surface area contributed by atoms with Crippen molar-refractivity contribution in [1.29, 1.82) is 0 Å². The highest BCUT2D eigenvalue weighted by Crippen LogP contribution is 2.19. The Morgan fingerprint density at radius 3 is 1.86 bits per heavy atom. The standard InChI is InChI=1S/C11H14BNO.C6H14O2.C4H10O2/c1-8-4-9(6-10(12)5-8)11-7-14-3-2-13-11;1-5(2,7)6(3,4)8;1-4(2,3)6-5/h4-6,11,13H,2-3,7H2,1H3;7-8H,1-4H3;5H,1-3H3/t11-;;/m0../s1. The summed E-state index contributed by atoms with van der Waals surface area (Å²) in [6, 6.07) is 6.45. The number of morpholine rings is 1. The molecule has 1 saturated heterocycles. The van der Waals surface area contributed by atoms with Gasteiger partial charge in [0, 0.05) is 6.54 Å². The first kappa shape index (κ1) is 27.0. The summed E-state index contributed by atoms with van der Waals surface area (Å²) in [7, 11) is 5.80. The number of rotatable bonds is 2. The number of hydrogen-bond acceptors (Lipinski definition) is 6. The van der Waals surface area contributed by atoms with Crippen LogP contribution in [0.15, 0.2) is 18.2 Å². The molecule has 0 aliphatic carbocycles. The van der Waals surface area contributed by atoms with E-state index in [1.807, 2.05) is 12.1 Å². The fourth-order valence-electron chi connectivity index (χ4n) is 1.82. The maximum Gasteiger partial charge on any atom is 0.113 e. The second-order valence-corrected chi connectivity index (χ2v) is 9.08. The third-order valence-corrected chi connectivity index (χ3v) is 4.22. The lowest BCUT2D eigenvalue weighted by atomic mass is 9.90. The van der Waals surface area contributed by atoms with Crippen LogP contribution in [-0.4, -0.2) is 59.9 Å². The summed E-state index contributed by atoms with van der Waals surface area (Å²) >= 11 is 0. The zero-order valence-electron chi connectivity index (χ0n) is 18.7. The van der Waals surface area contributed by atoms with E-state index in [9.17, 15) is 0 Å². The number of aliphatic hydroxyl groups is 2. The molecule has 28 heavy (non-hydrogen) atoms. The second kappa shape index (κ2) is 11.3. The third kappa shape index (κ3) is 11.8. The van der Waals surface area contributed by atoms with E-state index in [4.69, 9.17) is 28.1 Å². The molecule has 1 aromatic rings. The van der Waals surface area contributed by atoms with Crippen LogP contribution in [0.5, 0.6) is 0 Å². The Labute approximate surface area is 171 Å². The normalized spacial score (nSPS) is 17.8. The van der Waals surface area contributed by atoms with Crippen LogP contribution in [0.1, 0.15) is 65.6 Å². The van der Waals surface area contributed by atoms with Crippen molar-refractivity contribution in [2.24, 2.45) is 0 Å². The summed E-state index contributed by atoms with van der Waals surface area (Å²) < 4.78 is 5.41. The highest BCUT2D eigenvalue weighted by Gasteiger charge is 2.31. The first-order chi connectivity index (χ1) is 12.6. The Morgan fingerprint density at radius 2 is 1.54 bits per heavy atom. The van der Waals surface area contributed by atoms with Crippen LogP contribution in [-0.2, 0) is 9.62 Å². The van der Waals surface area contributed by atoms with Gasteiger partial charge in [-0.25, -0.2) is 4.89 Å². The molecule has 0 amide bonds. The van der Waals surface area contributed by atoms with Crippen LogP contribution < -0.4 is 10.8 Å². The second-order valence-electron chi connectivity index (χ2n) is 9.08. The Bertz CT molecular complexity index is 535. The molecular formula is C21H38BNO5. The minimum atomic E-state index is -1.01. The Hall–Kier alpha value is -0.955. The van der Waals surface area contributed by atoms with Crippen LogP contribution in [0.4, 0.5) is 0 Å². The van der Waals surface area contributed by atoms with Crippen LogP contribution >= 0.6 is 0 Å². The molecule has 0 unspecified atom stereocenters. The summed E-state index contributed by atoms with van der Waals surface area (Å²) in [6.07, 6.45) is 0. The highest BCUT2D eigenvalue weighted by molar-refractivity contribution is 6.32. The largest absolute Gasteiger partial charge is 0.387 e. The maximum atomic E-state index is 9.10. The quantitative estimate of drug-likeness (QED) is 0.349. The molecule has 0 spiro atoms. The molecule has 1 aliphatic rings. The molecule has 2 rings (SSSR count). The summed E-state index contributed by atoms with van der Waals surface area (Å²) in [5.74, 6) is 0. The van der Waals surface area contributed by atoms with Crippen molar-refractivity contribution in [2.75, 3.05) is 19.8 Å². The average Bonchev–Trinajstić information content (AvgIpc) is 2.53. The van der Waals surface area contributed by atoms with Crippen LogP contribution in [0.25, 0.3) is 0 Å². The molecule has 2 radical (unpaired) electrons. The summed E-state index contributed by atoms with van der Waals surface area (Å²) in [4.78, 5) is 3.94. The molecule has 1 aromatic carbocycles. The lowest BCUT2D eigenvalue weighted by Gasteiger charge is -2.31. The molecule has 4 N–H and O–H groups in total. The van der Waals surface area contributed by atoms with Crippen molar-refractivity contribution in [2.45, 2.75) is 78.2 Å². The zero-order chi connectivity index (χ0) is 22.2. The van der Waals surface area contributed by atoms with Crippen molar-refractivity contribution in [3.8, 4) is 0 Å². The molecule has 1 fully saturated rings. The Balaban J connectivity index is 0.000000445. The van der Waals surface area contributed by atoms with Gasteiger partial charge < -0.3 is 20.3 Å². The van der Waals surface area contributed by atoms with Crippen LogP contribution in [0.2, 0.25) is 0 Å². The molecule has 0 aromatic heterocycles. The molecule has 1 heterocycles. The number of benzene rings is 1. The van der Waals surface area contributed by atoms with Crippen molar-refractivity contribution >= 4 is 13.3 Å². The fourth-order valence-corrected chi connectivity index (χ4v) is 1.82. The van der Waals surface area contributed by atoms with Gasteiger partial charge in [0.25, 0.3) is 0 Å². The van der Waals surface area contributed by atoms with Gasteiger partial charge in [0.15, 0.2) is 0 Å². The van der Waals surface area contributed by atoms with E-state index in [2.05, 4.69) is 23.2 Å². The van der Waals surface area contributed by atoms with Gasteiger partial charge in [0.05, 0.1) is 36.1 Å². The number of aryl methyl sites for hydroxylation is 1. The van der Waals surface area contributed by atoms with Crippen LogP contribution in [0.3, 0.4) is 0 Å². The molecule has 1 atom stereocenters. The zero-order valence-corrected chi connectivity index (χ0v) is 18.7. The van der Waals surface area contributed by atoms with Crippen molar-refractivity contribution in [1.82, 2.24) is 5.32 Å². The summed E-state index contributed by atoms with van der Waals surface area (Å²) in [5.41, 5.74) is 0.835. The predicted molar refractivity (Wildman–Crippen MR) is 114 cm³/mol. The topological polar surface area (TPSA) is 91.2 Å². The molecule has 160 valence electrons. The molecule has 0 bridgehead atoms. The lowest BCUT2D eigenvalue weighted by Crippen LogP contribution is -2.44. The van der Waals surface area contributed by atoms with Gasteiger partial charge in [-0.2, -0.15) is 0 Å². The first-order valence-corrected chi connectivity index (χ1v) is 9.52. The van der Waals surface area contributed by atoms with Crippen LogP contribution in [0, 0.1) is 6.92 Å². The number of nitrogens with one attached hydrogen (secondary N) is 1. The Kier molecular flexibility index (Phi) is 10.9. The average molecular weight is 395 g/mol. The minimum Gasteiger partial charge on any atom is -0.387 e. The van der Waals surface area contributed by atoms with Gasteiger partial charge in [0.1, 0.15) is 7.85 Å². The van der Waals surface area contributed by atoms with E-state index in [1.54, 1.807) is 48.5 Å². The summed E-state index contributed by atoms with van der Waals surface area (Å²) in [6.45, 7) is 16.1. The van der Waals surface area contributed by atoms with E-state index in [-0.39, 0.29) is 0 Å². The fraction of sp³-hybridized carbons (Fsp3) is 0.714. The van der Waals surface area contributed by atoms with Crippen molar-refractivity contribution < 1.29 is 25.1 Å². The number of ether oxygens (including phenoxy) is 1. The van der Waals surface area contributed by atoms with Crippen molar-refractivity contribution in [3.63, 3.8) is 0 Å². The minimum absolute atomic E-state index is 0.297. The van der Waals surface area contributed by atoms with E-state index < -0.39 is 16.8 Å². The highest BCUT2D eigenvalue weighted by atomic mass is 17.1. The van der Waals surface area contributed by atoms with E-state index in [0.29, 0.717) is 6.04 Å². The molecular weight excluding hydrogens is 357 g/mol. The smallest absolute Gasteiger partial charge is 0.113 e. The third-order valence-electron chi connectivity index (χ3n) is 4.22. The van der Waals surface area contributed by atoms with E-state index >= 15 is 0 Å².